The number of alkyl halides is 3. The molecule has 4 amide bonds. The van der Waals surface area contributed by atoms with E-state index >= 15 is 0 Å². The first-order valence-electron chi connectivity index (χ1n) is 13.5. The van der Waals surface area contributed by atoms with Crippen LogP contribution in [-0.4, -0.2) is 92.3 Å². The molecule has 0 unspecified atom stereocenters. The Hall–Kier alpha value is -4.91. The smallest absolute Gasteiger partial charge is 0.335 e. The number of aryl methyl sites for hydroxylation is 1. The van der Waals surface area contributed by atoms with Gasteiger partial charge < -0.3 is 30.3 Å². The van der Waals surface area contributed by atoms with E-state index in [1.165, 1.54) is 11.6 Å². The number of hydrogen-bond donors (Lipinski definition) is 3. The molecule has 4 heterocycles. The standard InChI is InChI=1S/C27H29F3N10O3/c1-16-11-17(3-4-19(16)25(42)38-7-9-39(10-8-38)26(43)35-18-12-32-13-18)34-24(41)23-33-14-21(37(23)2)20-15-40(6-5-31)36-22(20)27(28,29)30/h3-4,11,14-15,18,32H,6-10,12-13H2,1-2H3,(H,34,41)(H,35,43). The van der Waals surface area contributed by atoms with E-state index in [1.807, 2.05) is 0 Å². The lowest BCUT2D eigenvalue weighted by atomic mass is 10.1. The van der Waals surface area contributed by atoms with Gasteiger partial charge in [0.05, 0.1) is 29.6 Å². The van der Waals surface area contributed by atoms with Crippen LogP contribution in [-0.2, 0) is 19.8 Å². The largest absolute Gasteiger partial charge is 0.435 e. The first kappa shape index (κ1) is 29.6. The van der Waals surface area contributed by atoms with Gasteiger partial charge in [0.1, 0.15) is 6.54 Å². The molecule has 0 atom stereocenters. The molecule has 2 fully saturated rings. The molecule has 2 aromatic heterocycles. The number of aromatic nitrogens is 4. The number of amides is 4. The number of nitrogens with one attached hydrogen (secondary N) is 3. The number of nitrogens with zero attached hydrogens (tertiary/aromatic N) is 7. The fourth-order valence-corrected chi connectivity index (χ4v) is 4.95. The summed E-state index contributed by atoms with van der Waals surface area (Å²) in [5.41, 5.74) is -0.0765. The Morgan fingerprint density at radius 1 is 1.14 bits per heavy atom. The number of nitriles is 1. The van der Waals surface area contributed by atoms with Crippen molar-refractivity contribution in [3.05, 3.63) is 53.2 Å². The summed E-state index contributed by atoms with van der Waals surface area (Å²) in [7, 11) is 1.40. The molecule has 5 rings (SSSR count). The highest BCUT2D eigenvalue weighted by atomic mass is 19.4. The first-order valence-corrected chi connectivity index (χ1v) is 13.5. The topological polar surface area (TPSA) is 153 Å². The van der Waals surface area contributed by atoms with Gasteiger partial charge in [-0.1, -0.05) is 0 Å². The van der Waals surface area contributed by atoms with Gasteiger partial charge >= 0.3 is 12.2 Å². The normalized spacial score (nSPS) is 15.5. The van der Waals surface area contributed by atoms with Gasteiger partial charge in [0.15, 0.2) is 11.5 Å². The molecular weight excluding hydrogens is 569 g/mol. The molecule has 43 heavy (non-hydrogen) atoms. The second-order valence-corrected chi connectivity index (χ2v) is 10.3. The zero-order valence-electron chi connectivity index (χ0n) is 23.4. The van der Waals surface area contributed by atoms with Crippen molar-refractivity contribution in [3.8, 4) is 17.3 Å². The van der Waals surface area contributed by atoms with Crippen molar-refractivity contribution in [2.75, 3.05) is 44.6 Å². The second-order valence-electron chi connectivity index (χ2n) is 10.3. The van der Waals surface area contributed by atoms with Gasteiger partial charge in [-0.2, -0.15) is 23.5 Å². The summed E-state index contributed by atoms with van der Waals surface area (Å²) in [4.78, 5) is 46.0. The quantitative estimate of drug-likeness (QED) is 0.391. The number of rotatable bonds is 6. The molecule has 2 aliphatic rings. The number of carbonyl (C=O) groups excluding carboxylic acids is 3. The van der Waals surface area contributed by atoms with Gasteiger partial charge in [-0.05, 0) is 30.7 Å². The summed E-state index contributed by atoms with van der Waals surface area (Å²) < 4.78 is 42.9. The summed E-state index contributed by atoms with van der Waals surface area (Å²) in [6.07, 6.45) is -2.56. The third-order valence-corrected chi connectivity index (χ3v) is 7.41. The van der Waals surface area contributed by atoms with Crippen LogP contribution in [0.1, 0.15) is 32.2 Å². The monoisotopic (exact) mass is 598 g/mol. The van der Waals surface area contributed by atoms with Crippen molar-refractivity contribution in [1.82, 2.24) is 39.8 Å². The van der Waals surface area contributed by atoms with E-state index in [1.54, 1.807) is 41.0 Å². The highest BCUT2D eigenvalue weighted by Gasteiger charge is 2.38. The molecule has 3 aromatic rings. The maximum atomic E-state index is 13.6. The molecule has 0 radical (unpaired) electrons. The maximum Gasteiger partial charge on any atom is 0.435 e. The van der Waals surface area contributed by atoms with Crippen LogP contribution in [0, 0.1) is 18.3 Å². The van der Waals surface area contributed by atoms with Crippen molar-refractivity contribution in [3.63, 3.8) is 0 Å². The predicted octanol–water partition coefficient (Wildman–Crippen LogP) is 1.83. The van der Waals surface area contributed by atoms with Crippen LogP contribution in [0.4, 0.5) is 23.7 Å². The number of urea groups is 1. The van der Waals surface area contributed by atoms with Gasteiger partial charge in [0.2, 0.25) is 0 Å². The maximum absolute atomic E-state index is 13.6. The number of imidazole rings is 1. The molecule has 0 aliphatic carbocycles. The first-order chi connectivity index (χ1) is 20.5. The lowest BCUT2D eigenvalue weighted by Crippen LogP contribution is -2.61. The minimum atomic E-state index is -4.78. The number of benzene rings is 1. The number of halogens is 3. The van der Waals surface area contributed by atoms with Crippen molar-refractivity contribution in [1.29, 1.82) is 5.26 Å². The van der Waals surface area contributed by atoms with Gasteiger partial charge in [-0.25, -0.2) is 9.78 Å². The predicted molar refractivity (Wildman–Crippen MR) is 147 cm³/mol. The van der Waals surface area contributed by atoms with Gasteiger partial charge in [0.25, 0.3) is 11.8 Å². The molecule has 16 heteroatoms. The molecule has 0 bridgehead atoms. The molecule has 2 saturated heterocycles. The van der Waals surface area contributed by atoms with Crippen LogP contribution < -0.4 is 16.0 Å². The van der Waals surface area contributed by atoms with Crippen LogP contribution >= 0.6 is 0 Å². The number of carbonyl (C=O) groups is 3. The van der Waals surface area contributed by atoms with Gasteiger partial charge in [-0.3, -0.25) is 14.3 Å². The van der Waals surface area contributed by atoms with E-state index in [2.05, 4.69) is 26.0 Å². The fraction of sp³-hybridized carbons (Fsp3) is 0.407. The van der Waals surface area contributed by atoms with Crippen molar-refractivity contribution in [2.24, 2.45) is 7.05 Å². The molecule has 3 N–H and O–H groups in total. The molecule has 0 spiro atoms. The van der Waals surface area contributed by atoms with Crippen LogP contribution in [0.15, 0.2) is 30.6 Å². The Morgan fingerprint density at radius 2 is 1.84 bits per heavy atom. The summed E-state index contributed by atoms with van der Waals surface area (Å²) in [6, 6.07) is 6.53. The highest BCUT2D eigenvalue weighted by Crippen LogP contribution is 2.36. The Balaban J connectivity index is 1.24. The van der Waals surface area contributed by atoms with Crippen LogP contribution in [0.2, 0.25) is 0 Å². The van der Waals surface area contributed by atoms with E-state index in [9.17, 15) is 27.6 Å². The lowest BCUT2D eigenvalue weighted by molar-refractivity contribution is -0.141. The number of hydrogen-bond acceptors (Lipinski definition) is 7. The van der Waals surface area contributed by atoms with Gasteiger partial charge in [-0.15, -0.1) is 0 Å². The minimum Gasteiger partial charge on any atom is -0.335 e. The van der Waals surface area contributed by atoms with Crippen LogP contribution in [0.25, 0.3) is 11.3 Å². The summed E-state index contributed by atoms with van der Waals surface area (Å²) in [6.45, 7) is 4.47. The SMILES string of the molecule is Cc1cc(NC(=O)c2ncc(-c3cn(CC#N)nc3C(F)(F)F)n2C)ccc1C(=O)N1CCN(C(=O)NC2CNC2)CC1. The summed E-state index contributed by atoms with van der Waals surface area (Å²) >= 11 is 0. The van der Waals surface area contributed by atoms with Gasteiger partial charge in [0, 0.05) is 63.8 Å². The van der Waals surface area contributed by atoms with Crippen molar-refractivity contribution >= 4 is 23.5 Å². The zero-order valence-corrected chi connectivity index (χ0v) is 23.4. The molecule has 226 valence electrons. The van der Waals surface area contributed by atoms with E-state index in [0.29, 0.717) is 43.0 Å². The number of piperazine rings is 1. The van der Waals surface area contributed by atoms with Crippen molar-refractivity contribution < 1.29 is 27.6 Å². The molecular formula is C27H29F3N10O3. The van der Waals surface area contributed by atoms with E-state index < -0.39 is 17.8 Å². The zero-order chi connectivity index (χ0) is 30.9. The molecule has 0 saturated carbocycles. The fourth-order valence-electron chi connectivity index (χ4n) is 4.95. The van der Waals surface area contributed by atoms with E-state index in [0.717, 1.165) is 30.2 Å². The second kappa shape index (κ2) is 11.8. The Labute approximate surface area is 244 Å². The average molecular weight is 599 g/mol. The third-order valence-electron chi connectivity index (χ3n) is 7.41. The number of anilines is 1. The highest BCUT2D eigenvalue weighted by molar-refractivity contribution is 6.03. The lowest BCUT2D eigenvalue weighted by Gasteiger charge is -2.37. The van der Waals surface area contributed by atoms with E-state index in [4.69, 9.17) is 5.26 Å². The Bertz CT molecular complexity index is 1590. The molecule has 1 aromatic carbocycles. The Morgan fingerprint density at radius 3 is 2.44 bits per heavy atom. The van der Waals surface area contributed by atoms with Crippen molar-refractivity contribution in [2.45, 2.75) is 25.7 Å². The minimum absolute atomic E-state index is 0.00332. The van der Waals surface area contributed by atoms with Crippen LogP contribution in [0.5, 0.6) is 0 Å². The Kier molecular flexibility index (Phi) is 8.09. The molecule has 13 nitrogen and oxygen atoms in total. The van der Waals surface area contributed by atoms with Crippen LogP contribution in [0.3, 0.4) is 0 Å². The third kappa shape index (κ3) is 6.16. The summed E-state index contributed by atoms with van der Waals surface area (Å²) in [5, 5.41) is 21.1. The van der Waals surface area contributed by atoms with E-state index in [-0.39, 0.29) is 41.6 Å². The average Bonchev–Trinajstić information content (AvgIpc) is 3.54. The summed E-state index contributed by atoms with van der Waals surface area (Å²) in [5.74, 6) is -1.01. The molecule has 2 aliphatic heterocycles.